The molecule has 94 valence electrons. The maximum Gasteiger partial charge on any atom is 0.123 e. The summed E-state index contributed by atoms with van der Waals surface area (Å²) in [5.41, 5.74) is 7.49. The van der Waals surface area contributed by atoms with Gasteiger partial charge in [-0.3, -0.25) is 0 Å². The average molecular weight is 264 g/mol. The topological polar surface area (TPSA) is 48.1 Å². The molecule has 0 aliphatic carbocycles. The normalized spacial score (nSPS) is 17.4. The van der Waals surface area contributed by atoms with Crippen molar-refractivity contribution in [1.82, 2.24) is 4.98 Å². The first-order valence-corrected chi connectivity index (χ1v) is 6.61. The van der Waals surface area contributed by atoms with Crippen LogP contribution in [0.3, 0.4) is 0 Å². The maximum atomic E-state index is 12.9. The zero-order valence-electron chi connectivity index (χ0n) is 9.73. The van der Waals surface area contributed by atoms with Crippen LogP contribution in [-0.4, -0.2) is 24.7 Å². The van der Waals surface area contributed by atoms with E-state index in [-0.39, 0.29) is 11.2 Å². The SMILES string of the molecule is NCC1(c2nc(-c3ccc(F)cc3)cs2)COC1. The van der Waals surface area contributed by atoms with E-state index in [4.69, 9.17) is 10.5 Å². The Morgan fingerprint density at radius 1 is 1.33 bits per heavy atom. The van der Waals surface area contributed by atoms with E-state index in [9.17, 15) is 4.39 Å². The van der Waals surface area contributed by atoms with Gasteiger partial charge in [-0.05, 0) is 24.3 Å². The average Bonchev–Trinajstić information content (AvgIpc) is 2.79. The molecule has 5 heteroatoms. The van der Waals surface area contributed by atoms with Crippen LogP contribution in [0.2, 0.25) is 0 Å². The molecule has 1 saturated heterocycles. The van der Waals surface area contributed by atoms with Gasteiger partial charge in [-0.25, -0.2) is 9.37 Å². The number of ether oxygens (including phenoxy) is 1. The quantitative estimate of drug-likeness (QED) is 0.924. The second-order valence-corrected chi connectivity index (χ2v) is 5.38. The molecule has 0 unspecified atom stereocenters. The first-order chi connectivity index (χ1) is 8.73. The van der Waals surface area contributed by atoms with Crippen molar-refractivity contribution in [1.29, 1.82) is 0 Å². The van der Waals surface area contributed by atoms with Crippen LogP contribution < -0.4 is 5.73 Å². The molecular formula is C13H13FN2OS. The Balaban J connectivity index is 1.91. The summed E-state index contributed by atoms with van der Waals surface area (Å²) in [5.74, 6) is -0.236. The van der Waals surface area contributed by atoms with Gasteiger partial charge < -0.3 is 10.5 Å². The standard InChI is InChI=1S/C13H13FN2OS/c14-10-3-1-9(2-4-10)11-5-18-12(16-11)13(6-15)7-17-8-13/h1-5H,6-8,15H2. The van der Waals surface area contributed by atoms with Gasteiger partial charge in [0.25, 0.3) is 0 Å². The summed E-state index contributed by atoms with van der Waals surface area (Å²) >= 11 is 1.59. The molecule has 1 aliphatic heterocycles. The van der Waals surface area contributed by atoms with Crippen molar-refractivity contribution in [3.63, 3.8) is 0 Å². The molecule has 3 rings (SSSR count). The Labute approximate surface area is 108 Å². The molecule has 2 heterocycles. The molecule has 1 aromatic heterocycles. The zero-order valence-corrected chi connectivity index (χ0v) is 10.5. The summed E-state index contributed by atoms with van der Waals surface area (Å²) in [4.78, 5) is 4.61. The Kier molecular flexibility index (Phi) is 2.89. The Hall–Kier alpha value is -1.30. The lowest BCUT2D eigenvalue weighted by atomic mass is 9.87. The molecule has 3 nitrogen and oxygen atoms in total. The highest BCUT2D eigenvalue weighted by Crippen LogP contribution is 2.35. The number of nitrogens with zero attached hydrogens (tertiary/aromatic N) is 1. The van der Waals surface area contributed by atoms with Gasteiger partial charge in [-0.1, -0.05) is 0 Å². The third-order valence-corrected chi connectivity index (χ3v) is 4.33. The summed E-state index contributed by atoms with van der Waals surface area (Å²) in [6, 6.07) is 6.36. The fraction of sp³-hybridized carbons (Fsp3) is 0.308. The van der Waals surface area contributed by atoms with Gasteiger partial charge in [-0.2, -0.15) is 0 Å². The van der Waals surface area contributed by atoms with Gasteiger partial charge >= 0.3 is 0 Å². The lowest BCUT2D eigenvalue weighted by Gasteiger charge is -2.38. The molecule has 18 heavy (non-hydrogen) atoms. The van der Waals surface area contributed by atoms with E-state index in [0.29, 0.717) is 19.8 Å². The molecule has 1 aromatic carbocycles. The number of hydrogen-bond donors (Lipinski definition) is 1. The van der Waals surface area contributed by atoms with Gasteiger partial charge in [0.2, 0.25) is 0 Å². The first-order valence-electron chi connectivity index (χ1n) is 5.73. The van der Waals surface area contributed by atoms with E-state index in [0.717, 1.165) is 16.3 Å². The molecule has 0 saturated carbocycles. The van der Waals surface area contributed by atoms with Gasteiger partial charge in [0.15, 0.2) is 0 Å². The van der Waals surface area contributed by atoms with Gasteiger partial charge in [0.1, 0.15) is 10.8 Å². The number of hydrogen-bond acceptors (Lipinski definition) is 4. The minimum absolute atomic E-state index is 0.108. The summed E-state index contributed by atoms with van der Waals surface area (Å²) in [7, 11) is 0. The molecule has 1 fully saturated rings. The molecule has 0 amide bonds. The largest absolute Gasteiger partial charge is 0.379 e. The van der Waals surface area contributed by atoms with Crippen LogP contribution in [0.4, 0.5) is 4.39 Å². The lowest BCUT2D eigenvalue weighted by Crippen LogP contribution is -2.52. The highest BCUT2D eigenvalue weighted by Gasteiger charge is 2.41. The van der Waals surface area contributed by atoms with Crippen LogP contribution in [-0.2, 0) is 10.2 Å². The minimum Gasteiger partial charge on any atom is -0.379 e. The minimum atomic E-state index is -0.236. The van der Waals surface area contributed by atoms with Crippen molar-refractivity contribution < 1.29 is 9.13 Å². The lowest BCUT2D eigenvalue weighted by molar-refractivity contribution is -0.0550. The number of halogens is 1. The van der Waals surface area contributed by atoms with Gasteiger partial charge in [-0.15, -0.1) is 11.3 Å². The van der Waals surface area contributed by atoms with Crippen molar-refractivity contribution in [2.75, 3.05) is 19.8 Å². The number of benzene rings is 1. The smallest absolute Gasteiger partial charge is 0.123 e. The number of aromatic nitrogens is 1. The number of thiazole rings is 1. The highest BCUT2D eigenvalue weighted by atomic mass is 32.1. The summed E-state index contributed by atoms with van der Waals surface area (Å²) < 4.78 is 18.1. The predicted molar refractivity (Wildman–Crippen MR) is 69.1 cm³/mol. The van der Waals surface area contributed by atoms with E-state index in [1.54, 1.807) is 23.5 Å². The molecule has 0 atom stereocenters. The number of rotatable bonds is 3. The third kappa shape index (κ3) is 1.84. The second kappa shape index (κ2) is 4.42. The molecule has 0 radical (unpaired) electrons. The Morgan fingerprint density at radius 2 is 2.06 bits per heavy atom. The predicted octanol–water partition coefficient (Wildman–Crippen LogP) is 2.18. The second-order valence-electron chi connectivity index (χ2n) is 4.52. The van der Waals surface area contributed by atoms with E-state index in [1.807, 2.05) is 5.38 Å². The summed E-state index contributed by atoms with van der Waals surface area (Å²) in [6.07, 6.45) is 0. The molecular weight excluding hydrogens is 251 g/mol. The van der Waals surface area contributed by atoms with Crippen molar-refractivity contribution in [2.45, 2.75) is 5.41 Å². The molecule has 2 aromatic rings. The van der Waals surface area contributed by atoms with Crippen LogP contribution in [0, 0.1) is 5.82 Å². The van der Waals surface area contributed by atoms with Gasteiger partial charge in [0.05, 0.1) is 24.3 Å². The van der Waals surface area contributed by atoms with E-state index < -0.39 is 0 Å². The third-order valence-electron chi connectivity index (χ3n) is 3.25. The van der Waals surface area contributed by atoms with Crippen LogP contribution in [0.15, 0.2) is 29.6 Å². The summed E-state index contributed by atoms with van der Waals surface area (Å²) in [6.45, 7) is 1.82. The van der Waals surface area contributed by atoms with E-state index in [2.05, 4.69) is 4.98 Å². The first kappa shape index (κ1) is 11.8. The molecule has 2 N–H and O–H groups in total. The van der Waals surface area contributed by atoms with Crippen LogP contribution in [0.5, 0.6) is 0 Å². The molecule has 1 aliphatic rings. The zero-order chi connectivity index (χ0) is 12.6. The van der Waals surface area contributed by atoms with E-state index >= 15 is 0 Å². The maximum absolute atomic E-state index is 12.9. The van der Waals surface area contributed by atoms with Crippen molar-refractivity contribution in [2.24, 2.45) is 5.73 Å². The molecule has 0 spiro atoms. The van der Waals surface area contributed by atoms with Gasteiger partial charge in [0, 0.05) is 17.5 Å². The van der Waals surface area contributed by atoms with Crippen LogP contribution >= 0.6 is 11.3 Å². The van der Waals surface area contributed by atoms with Crippen molar-refractivity contribution in [3.05, 3.63) is 40.5 Å². The molecule has 0 bridgehead atoms. The monoisotopic (exact) mass is 264 g/mol. The van der Waals surface area contributed by atoms with Crippen LogP contribution in [0.25, 0.3) is 11.3 Å². The fourth-order valence-corrected chi connectivity index (χ4v) is 2.96. The van der Waals surface area contributed by atoms with Crippen LogP contribution in [0.1, 0.15) is 5.01 Å². The highest BCUT2D eigenvalue weighted by molar-refractivity contribution is 7.10. The number of nitrogens with two attached hydrogens (primary N) is 1. The van der Waals surface area contributed by atoms with E-state index in [1.165, 1.54) is 12.1 Å². The fourth-order valence-electron chi connectivity index (χ4n) is 1.95. The Bertz CT molecular complexity index is 543. The van der Waals surface area contributed by atoms with Crippen molar-refractivity contribution >= 4 is 11.3 Å². The van der Waals surface area contributed by atoms with Crippen molar-refractivity contribution in [3.8, 4) is 11.3 Å². The Morgan fingerprint density at radius 3 is 2.61 bits per heavy atom. The summed E-state index contributed by atoms with van der Waals surface area (Å²) in [5, 5.41) is 2.99.